The molecular formula is C24H29N3O2S. The van der Waals surface area contributed by atoms with Gasteiger partial charge in [0.2, 0.25) is 10.0 Å². The smallest absolute Gasteiger partial charge is 0.243 e. The van der Waals surface area contributed by atoms with Crippen LogP contribution in [-0.4, -0.2) is 34.9 Å². The maximum absolute atomic E-state index is 13.4. The van der Waals surface area contributed by atoms with Gasteiger partial charge in [0.25, 0.3) is 0 Å². The highest BCUT2D eigenvalue weighted by molar-refractivity contribution is 7.89. The third-order valence-corrected chi connectivity index (χ3v) is 8.85. The van der Waals surface area contributed by atoms with Gasteiger partial charge in [0.1, 0.15) is 5.82 Å². The lowest BCUT2D eigenvalue weighted by molar-refractivity contribution is 0.129. The largest absolute Gasteiger partial charge is 0.324 e. The summed E-state index contributed by atoms with van der Waals surface area (Å²) in [4.78, 5) is 5.05. The minimum atomic E-state index is -3.44. The van der Waals surface area contributed by atoms with Crippen LogP contribution in [0.15, 0.2) is 53.4 Å². The zero-order valence-corrected chi connectivity index (χ0v) is 18.3. The van der Waals surface area contributed by atoms with Crippen LogP contribution in [0.25, 0.3) is 11.0 Å². The Hall–Kier alpha value is -2.18. The van der Waals surface area contributed by atoms with Crippen molar-refractivity contribution < 1.29 is 8.42 Å². The van der Waals surface area contributed by atoms with Crippen molar-refractivity contribution in [1.29, 1.82) is 0 Å². The molecule has 1 aliphatic heterocycles. The Bertz CT molecular complexity index is 1150. The summed E-state index contributed by atoms with van der Waals surface area (Å²) in [5, 5.41) is 0. The second kappa shape index (κ2) is 7.82. The molecule has 3 aromatic rings. The lowest BCUT2D eigenvalue weighted by atomic mass is 9.79. The third kappa shape index (κ3) is 3.46. The van der Waals surface area contributed by atoms with E-state index < -0.39 is 10.0 Å². The molecule has 1 saturated carbocycles. The summed E-state index contributed by atoms with van der Waals surface area (Å²) in [6.07, 6.45) is 6.72. The topological polar surface area (TPSA) is 55.2 Å². The minimum Gasteiger partial charge on any atom is -0.324 e. The molecule has 0 bridgehead atoms. The highest BCUT2D eigenvalue weighted by Gasteiger charge is 2.39. The predicted octanol–water partition coefficient (Wildman–Crippen LogP) is 4.74. The Balaban J connectivity index is 1.39. The van der Waals surface area contributed by atoms with E-state index in [1.807, 2.05) is 41.6 Å². The number of hydrogen-bond acceptors (Lipinski definition) is 3. The number of hydrogen-bond donors (Lipinski definition) is 0. The lowest BCUT2D eigenvalue weighted by Crippen LogP contribution is -2.49. The Kier molecular flexibility index (Phi) is 5.15. The SMILES string of the molecule is Cc1nc2ccccc2n1Cc1ccc(S(=O)(=O)N2CCCC3CCCCC32)cc1. The maximum Gasteiger partial charge on any atom is 0.243 e. The van der Waals surface area contributed by atoms with Gasteiger partial charge in [-0.15, -0.1) is 0 Å². The molecule has 1 aliphatic carbocycles. The van der Waals surface area contributed by atoms with Crippen molar-refractivity contribution >= 4 is 21.1 Å². The summed E-state index contributed by atoms with van der Waals surface area (Å²) in [7, 11) is -3.44. The van der Waals surface area contributed by atoms with Crippen LogP contribution in [0.4, 0.5) is 0 Å². The van der Waals surface area contributed by atoms with Crippen LogP contribution in [0, 0.1) is 12.8 Å². The number of aromatic nitrogens is 2. The van der Waals surface area contributed by atoms with Gasteiger partial charge in [-0.25, -0.2) is 13.4 Å². The van der Waals surface area contributed by atoms with Crippen molar-refractivity contribution in [1.82, 2.24) is 13.9 Å². The molecule has 2 fully saturated rings. The number of aryl methyl sites for hydroxylation is 1. The zero-order chi connectivity index (χ0) is 20.7. The molecule has 2 aromatic carbocycles. The van der Waals surface area contributed by atoms with E-state index in [4.69, 9.17) is 0 Å². The first-order valence-corrected chi connectivity index (χ1v) is 12.5. The molecular weight excluding hydrogens is 394 g/mol. The van der Waals surface area contributed by atoms with Crippen LogP contribution in [0.1, 0.15) is 49.9 Å². The first-order valence-electron chi connectivity index (χ1n) is 11.1. The van der Waals surface area contributed by atoms with Crippen LogP contribution in [0.5, 0.6) is 0 Å². The molecule has 2 heterocycles. The third-order valence-electron chi connectivity index (χ3n) is 6.91. The van der Waals surface area contributed by atoms with E-state index in [-0.39, 0.29) is 6.04 Å². The summed E-state index contributed by atoms with van der Waals surface area (Å²) in [5.41, 5.74) is 3.17. The quantitative estimate of drug-likeness (QED) is 0.609. The Morgan fingerprint density at radius 3 is 2.53 bits per heavy atom. The van der Waals surface area contributed by atoms with Crippen molar-refractivity contribution in [2.75, 3.05) is 6.54 Å². The normalized spacial score (nSPS) is 22.8. The minimum absolute atomic E-state index is 0.192. The standard InChI is InChI=1S/C24H29N3O2S/c1-18-25-22-9-3-5-11-24(22)26(18)17-19-12-14-21(15-13-19)30(28,29)27-16-6-8-20-7-2-4-10-23(20)27/h3,5,9,11-15,20,23H,2,4,6-8,10,16-17H2,1H3. The van der Waals surface area contributed by atoms with E-state index in [0.29, 0.717) is 23.9 Å². The summed E-state index contributed by atoms with van der Waals surface area (Å²) in [6.45, 7) is 3.35. The van der Waals surface area contributed by atoms with Gasteiger partial charge >= 0.3 is 0 Å². The second-order valence-corrected chi connectivity index (χ2v) is 10.6. The highest BCUT2D eigenvalue weighted by Crippen LogP contribution is 2.38. The van der Waals surface area contributed by atoms with Gasteiger partial charge in [0.05, 0.1) is 15.9 Å². The van der Waals surface area contributed by atoms with E-state index in [2.05, 4.69) is 15.6 Å². The van der Waals surface area contributed by atoms with Crippen LogP contribution in [-0.2, 0) is 16.6 Å². The molecule has 0 N–H and O–H groups in total. The predicted molar refractivity (Wildman–Crippen MR) is 119 cm³/mol. The number of rotatable bonds is 4. The molecule has 0 radical (unpaired) electrons. The molecule has 1 aromatic heterocycles. The highest BCUT2D eigenvalue weighted by atomic mass is 32.2. The molecule has 0 spiro atoms. The summed E-state index contributed by atoms with van der Waals surface area (Å²) < 4.78 is 30.8. The molecule has 5 rings (SSSR count). The van der Waals surface area contributed by atoms with Crippen molar-refractivity contribution in [2.24, 2.45) is 5.92 Å². The second-order valence-electron chi connectivity index (χ2n) is 8.75. The molecule has 5 nitrogen and oxygen atoms in total. The Labute approximate surface area is 178 Å². The van der Waals surface area contributed by atoms with Gasteiger partial charge < -0.3 is 4.57 Å². The first kappa shape index (κ1) is 19.8. The molecule has 2 unspecified atom stereocenters. The molecule has 30 heavy (non-hydrogen) atoms. The summed E-state index contributed by atoms with van der Waals surface area (Å²) in [6, 6.07) is 15.8. The van der Waals surface area contributed by atoms with Gasteiger partial charge in [0.15, 0.2) is 0 Å². The van der Waals surface area contributed by atoms with Crippen LogP contribution < -0.4 is 0 Å². The van der Waals surface area contributed by atoms with Gasteiger partial charge in [-0.1, -0.05) is 37.1 Å². The van der Waals surface area contributed by atoms with Crippen LogP contribution >= 0.6 is 0 Å². The number of para-hydroxylation sites is 2. The van der Waals surface area contributed by atoms with E-state index in [1.54, 1.807) is 12.1 Å². The average molecular weight is 424 g/mol. The number of fused-ring (bicyclic) bond motifs is 2. The van der Waals surface area contributed by atoms with Crippen LogP contribution in [0.3, 0.4) is 0 Å². The fourth-order valence-corrected chi connectivity index (χ4v) is 7.11. The molecule has 158 valence electrons. The van der Waals surface area contributed by atoms with Crippen molar-refractivity contribution in [3.05, 3.63) is 59.9 Å². The van der Waals surface area contributed by atoms with Gasteiger partial charge in [0, 0.05) is 19.1 Å². The number of piperidine rings is 1. The number of imidazole rings is 1. The van der Waals surface area contributed by atoms with Crippen LogP contribution in [0.2, 0.25) is 0 Å². The zero-order valence-electron chi connectivity index (χ0n) is 17.5. The summed E-state index contributed by atoms with van der Waals surface area (Å²) >= 11 is 0. The van der Waals surface area contributed by atoms with Gasteiger partial charge in [-0.05, 0) is 68.4 Å². The number of nitrogens with zero attached hydrogens (tertiary/aromatic N) is 3. The number of benzene rings is 2. The van der Waals surface area contributed by atoms with E-state index in [9.17, 15) is 8.42 Å². The monoisotopic (exact) mass is 423 g/mol. The Morgan fingerprint density at radius 1 is 0.967 bits per heavy atom. The Morgan fingerprint density at radius 2 is 1.70 bits per heavy atom. The van der Waals surface area contributed by atoms with Crippen molar-refractivity contribution in [3.8, 4) is 0 Å². The van der Waals surface area contributed by atoms with E-state index >= 15 is 0 Å². The molecule has 6 heteroatoms. The molecule has 2 aliphatic rings. The van der Waals surface area contributed by atoms with Crippen molar-refractivity contribution in [3.63, 3.8) is 0 Å². The maximum atomic E-state index is 13.4. The first-order chi connectivity index (χ1) is 14.5. The molecule has 2 atom stereocenters. The fraction of sp³-hybridized carbons (Fsp3) is 0.458. The van der Waals surface area contributed by atoms with Crippen molar-refractivity contribution in [2.45, 2.75) is 62.9 Å². The number of sulfonamides is 1. The fourth-order valence-electron chi connectivity index (χ4n) is 5.36. The van der Waals surface area contributed by atoms with Gasteiger partial charge in [-0.2, -0.15) is 4.31 Å². The molecule has 1 saturated heterocycles. The molecule has 0 amide bonds. The van der Waals surface area contributed by atoms with Gasteiger partial charge in [-0.3, -0.25) is 0 Å². The van der Waals surface area contributed by atoms with E-state index in [1.165, 1.54) is 19.3 Å². The average Bonchev–Trinajstić information content (AvgIpc) is 3.09. The summed E-state index contributed by atoms with van der Waals surface area (Å²) in [5.74, 6) is 1.50. The van der Waals surface area contributed by atoms with E-state index in [0.717, 1.165) is 41.7 Å². The lowest BCUT2D eigenvalue weighted by Gasteiger charge is -2.43.